The van der Waals surface area contributed by atoms with Gasteiger partial charge in [-0.2, -0.15) is 0 Å². The first-order valence-corrected chi connectivity index (χ1v) is 9.61. The second-order valence-corrected chi connectivity index (χ2v) is 6.58. The highest BCUT2D eigenvalue weighted by Gasteiger charge is 2.09. The highest BCUT2D eigenvalue weighted by Crippen LogP contribution is 2.13. The van der Waals surface area contributed by atoms with Crippen LogP contribution < -0.4 is 10.1 Å². The number of aromatic nitrogens is 3. The monoisotopic (exact) mass is 372 g/mol. The van der Waals surface area contributed by atoms with Gasteiger partial charge in [0.25, 0.3) is 0 Å². The summed E-state index contributed by atoms with van der Waals surface area (Å²) >= 11 is 0. The van der Waals surface area contributed by atoms with E-state index < -0.39 is 0 Å². The second kappa shape index (κ2) is 10.5. The molecule has 0 atom stereocenters. The van der Waals surface area contributed by atoms with Gasteiger partial charge in [0.15, 0.2) is 11.8 Å². The predicted molar refractivity (Wildman–Crippen MR) is 109 cm³/mol. The Labute approximate surface area is 162 Å². The molecule has 0 bridgehead atoms. The van der Waals surface area contributed by atoms with E-state index in [-0.39, 0.29) is 0 Å². The molecule has 0 unspecified atom stereocenters. The van der Waals surface area contributed by atoms with E-state index in [1.807, 2.05) is 37.6 Å². The molecule has 0 aliphatic rings. The molecule has 7 nitrogen and oxygen atoms in total. The van der Waals surface area contributed by atoms with Crippen molar-refractivity contribution in [2.45, 2.75) is 46.7 Å². The SMILES string of the molecule is CCCCNC(=NCc1nnc(C)n1C)N(C)Cc1ccc(OCC)cc1. The highest BCUT2D eigenvalue weighted by atomic mass is 16.5. The van der Waals surface area contributed by atoms with Gasteiger partial charge in [-0.25, -0.2) is 4.99 Å². The molecular weight excluding hydrogens is 340 g/mol. The molecule has 1 heterocycles. The summed E-state index contributed by atoms with van der Waals surface area (Å²) in [6.45, 7) is 8.97. The van der Waals surface area contributed by atoms with E-state index in [2.05, 4.69) is 46.5 Å². The van der Waals surface area contributed by atoms with Gasteiger partial charge >= 0.3 is 0 Å². The van der Waals surface area contributed by atoms with Crippen molar-refractivity contribution in [2.24, 2.45) is 12.0 Å². The highest BCUT2D eigenvalue weighted by molar-refractivity contribution is 5.79. The topological polar surface area (TPSA) is 67.6 Å². The van der Waals surface area contributed by atoms with Gasteiger partial charge in [-0.1, -0.05) is 25.5 Å². The number of guanidine groups is 1. The molecule has 0 saturated heterocycles. The molecule has 7 heteroatoms. The lowest BCUT2D eigenvalue weighted by Crippen LogP contribution is -2.39. The Morgan fingerprint density at radius 3 is 2.56 bits per heavy atom. The van der Waals surface area contributed by atoms with E-state index in [0.717, 1.165) is 49.3 Å². The van der Waals surface area contributed by atoms with Crippen LogP contribution in [0.4, 0.5) is 0 Å². The lowest BCUT2D eigenvalue weighted by molar-refractivity contribution is 0.340. The molecule has 148 valence electrons. The number of ether oxygens (including phenoxy) is 1. The quantitative estimate of drug-likeness (QED) is 0.416. The van der Waals surface area contributed by atoms with Crippen LogP contribution in [0.1, 0.15) is 43.9 Å². The molecule has 0 spiro atoms. The molecule has 2 aromatic rings. The molecule has 1 aromatic carbocycles. The normalized spacial score (nSPS) is 11.5. The van der Waals surface area contributed by atoms with Gasteiger partial charge < -0.3 is 19.5 Å². The third kappa shape index (κ3) is 6.27. The number of benzene rings is 1. The summed E-state index contributed by atoms with van der Waals surface area (Å²) in [4.78, 5) is 6.90. The standard InChI is InChI=1S/C20H32N6O/c1-6-8-13-21-20(22-14-19-24-23-16(3)26(19)5)25(4)15-17-9-11-18(12-10-17)27-7-2/h9-12H,6-8,13-15H2,1-5H3,(H,21,22). The number of hydrogen-bond donors (Lipinski definition) is 1. The van der Waals surface area contributed by atoms with E-state index in [1.54, 1.807) is 0 Å². The molecule has 0 aliphatic carbocycles. The number of nitrogens with one attached hydrogen (secondary N) is 1. The van der Waals surface area contributed by atoms with Gasteiger partial charge in [0.2, 0.25) is 0 Å². The van der Waals surface area contributed by atoms with Crippen molar-refractivity contribution < 1.29 is 4.74 Å². The van der Waals surface area contributed by atoms with Crippen LogP contribution in [-0.2, 0) is 20.1 Å². The van der Waals surface area contributed by atoms with Crippen LogP contribution in [0.15, 0.2) is 29.3 Å². The third-order valence-electron chi connectivity index (χ3n) is 4.38. The Kier molecular flexibility index (Phi) is 8.10. The van der Waals surface area contributed by atoms with E-state index in [1.165, 1.54) is 5.56 Å². The van der Waals surface area contributed by atoms with Gasteiger partial charge in [0, 0.05) is 27.2 Å². The molecule has 0 amide bonds. The van der Waals surface area contributed by atoms with Crippen molar-refractivity contribution in [1.82, 2.24) is 25.0 Å². The minimum Gasteiger partial charge on any atom is -0.494 e. The first-order chi connectivity index (χ1) is 13.0. The zero-order valence-electron chi connectivity index (χ0n) is 17.2. The molecule has 0 radical (unpaired) electrons. The molecular formula is C20H32N6O. The number of unbranched alkanes of at least 4 members (excludes halogenated alkanes) is 1. The van der Waals surface area contributed by atoms with Crippen molar-refractivity contribution >= 4 is 5.96 Å². The minimum absolute atomic E-state index is 0.499. The van der Waals surface area contributed by atoms with Gasteiger partial charge in [-0.15, -0.1) is 10.2 Å². The molecule has 0 saturated carbocycles. The van der Waals surface area contributed by atoms with Crippen LogP contribution >= 0.6 is 0 Å². The lowest BCUT2D eigenvalue weighted by Gasteiger charge is -2.23. The van der Waals surface area contributed by atoms with E-state index in [0.29, 0.717) is 13.2 Å². The fourth-order valence-electron chi connectivity index (χ4n) is 2.63. The number of rotatable bonds is 9. The summed E-state index contributed by atoms with van der Waals surface area (Å²) in [5, 5.41) is 11.8. The molecule has 0 fully saturated rings. The summed E-state index contributed by atoms with van der Waals surface area (Å²) in [5.41, 5.74) is 1.21. The maximum Gasteiger partial charge on any atom is 0.194 e. The van der Waals surface area contributed by atoms with Crippen molar-refractivity contribution in [1.29, 1.82) is 0 Å². The smallest absolute Gasteiger partial charge is 0.194 e. The van der Waals surface area contributed by atoms with Crippen LogP contribution in [0.2, 0.25) is 0 Å². The van der Waals surface area contributed by atoms with Crippen molar-refractivity contribution in [3.63, 3.8) is 0 Å². The van der Waals surface area contributed by atoms with E-state index in [4.69, 9.17) is 9.73 Å². The Morgan fingerprint density at radius 2 is 1.96 bits per heavy atom. The maximum atomic E-state index is 5.51. The van der Waals surface area contributed by atoms with Gasteiger partial charge in [0.05, 0.1) is 6.61 Å². The molecule has 1 aromatic heterocycles. The molecule has 27 heavy (non-hydrogen) atoms. The third-order valence-corrected chi connectivity index (χ3v) is 4.38. The van der Waals surface area contributed by atoms with Crippen LogP contribution in [-0.4, -0.2) is 45.8 Å². The Hall–Kier alpha value is -2.57. The van der Waals surface area contributed by atoms with E-state index in [9.17, 15) is 0 Å². The first-order valence-electron chi connectivity index (χ1n) is 9.61. The van der Waals surface area contributed by atoms with E-state index >= 15 is 0 Å². The second-order valence-electron chi connectivity index (χ2n) is 6.58. The lowest BCUT2D eigenvalue weighted by atomic mass is 10.2. The number of hydrogen-bond acceptors (Lipinski definition) is 4. The minimum atomic E-state index is 0.499. The number of aliphatic imine (C=N–C) groups is 1. The fraction of sp³-hybridized carbons (Fsp3) is 0.550. The Bertz CT molecular complexity index is 723. The van der Waals surface area contributed by atoms with Crippen LogP contribution in [0.3, 0.4) is 0 Å². The summed E-state index contributed by atoms with van der Waals surface area (Å²) in [6.07, 6.45) is 2.25. The largest absolute Gasteiger partial charge is 0.494 e. The predicted octanol–water partition coefficient (Wildman–Crippen LogP) is 2.90. The fourth-order valence-corrected chi connectivity index (χ4v) is 2.63. The molecule has 2 rings (SSSR count). The van der Waals surface area contributed by atoms with Gasteiger partial charge in [0.1, 0.15) is 18.1 Å². The Balaban J connectivity index is 2.06. The molecule has 1 N–H and O–H groups in total. The number of aryl methyl sites for hydroxylation is 1. The first kappa shape index (κ1) is 20.7. The van der Waals surface area contributed by atoms with Gasteiger partial charge in [-0.05, 0) is 38.0 Å². The van der Waals surface area contributed by atoms with Crippen LogP contribution in [0.25, 0.3) is 0 Å². The zero-order valence-corrected chi connectivity index (χ0v) is 17.2. The summed E-state index contributed by atoms with van der Waals surface area (Å²) in [6, 6.07) is 8.21. The summed E-state index contributed by atoms with van der Waals surface area (Å²) in [7, 11) is 4.02. The van der Waals surface area contributed by atoms with Crippen molar-refractivity contribution in [2.75, 3.05) is 20.2 Å². The average Bonchev–Trinajstić information content (AvgIpc) is 2.98. The average molecular weight is 373 g/mol. The summed E-state index contributed by atoms with van der Waals surface area (Å²) in [5.74, 6) is 3.52. The van der Waals surface area contributed by atoms with Crippen molar-refractivity contribution in [3.05, 3.63) is 41.5 Å². The maximum absolute atomic E-state index is 5.51. The summed E-state index contributed by atoms with van der Waals surface area (Å²) < 4.78 is 7.49. The van der Waals surface area contributed by atoms with Crippen LogP contribution in [0, 0.1) is 6.92 Å². The molecule has 0 aliphatic heterocycles. The van der Waals surface area contributed by atoms with Crippen molar-refractivity contribution in [3.8, 4) is 5.75 Å². The zero-order chi connectivity index (χ0) is 19.6. The van der Waals surface area contributed by atoms with Crippen LogP contribution in [0.5, 0.6) is 5.75 Å². The van der Waals surface area contributed by atoms with Gasteiger partial charge in [-0.3, -0.25) is 0 Å². The number of nitrogens with zero attached hydrogens (tertiary/aromatic N) is 5. The Morgan fingerprint density at radius 1 is 1.22 bits per heavy atom.